The average molecular weight is 284 g/mol. The molecule has 0 atom stereocenters. The predicted molar refractivity (Wildman–Crippen MR) is 82.3 cm³/mol. The standard InChI is InChI=1S/C16H20N4O/c1-2-16(7-8-16)11-18-15(21)14-6-9-20(19-14)13-5-3-4-12(17)10-13/h3-6,9-10H,2,7-8,11,17H2,1H3,(H,18,21). The van der Waals surface area contributed by atoms with Gasteiger partial charge in [-0.3, -0.25) is 4.79 Å². The number of anilines is 1. The van der Waals surface area contributed by atoms with Crippen LogP contribution >= 0.6 is 0 Å². The molecule has 1 saturated carbocycles. The van der Waals surface area contributed by atoms with E-state index in [4.69, 9.17) is 5.73 Å². The van der Waals surface area contributed by atoms with E-state index < -0.39 is 0 Å². The van der Waals surface area contributed by atoms with Gasteiger partial charge in [0.25, 0.3) is 5.91 Å². The minimum absolute atomic E-state index is 0.114. The number of nitrogens with one attached hydrogen (secondary N) is 1. The SMILES string of the molecule is CCC1(CNC(=O)c2ccn(-c3cccc(N)c3)n2)CC1. The Morgan fingerprint density at radius 1 is 1.43 bits per heavy atom. The second kappa shape index (κ2) is 5.24. The maximum Gasteiger partial charge on any atom is 0.271 e. The number of benzene rings is 1. The largest absolute Gasteiger partial charge is 0.399 e. The number of nitrogens with zero attached hydrogens (tertiary/aromatic N) is 2. The molecule has 1 aromatic heterocycles. The van der Waals surface area contributed by atoms with Gasteiger partial charge in [-0.05, 0) is 48.9 Å². The lowest BCUT2D eigenvalue weighted by atomic mass is 10.0. The molecule has 1 heterocycles. The highest BCUT2D eigenvalue weighted by Crippen LogP contribution is 2.47. The van der Waals surface area contributed by atoms with E-state index in [0.29, 0.717) is 16.8 Å². The molecule has 0 saturated heterocycles. The number of carbonyl (C=O) groups is 1. The van der Waals surface area contributed by atoms with Gasteiger partial charge in [-0.2, -0.15) is 5.10 Å². The van der Waals surface area contributed by atoms with Gasteiger partial charge in [0.1, 0.15) is 0 Å². The summed E-state index contributed by atoms with van der Waals surface area (Å²) in [6, 6.07) is 9.14. The molecule has 0 spiro atoms. The molecular formula is C16H20N4O. The highest BCUT2D eigenvalue weighted by molar-refractivity contribution is 5.92. The van der Waals surface area contributed by atoms with E-state index >= 15 is 0 Å². The van der Waals surface area contributed by atoms with Crippen LogP contribution in [-0.4, -0.2) is 22.2 Å². The Hall–Kier alpha value is -2.30. The number of aromatic nitrogens is 2. The van der Waals surface area contributed by atoms with Crippen LogP contribution in [0.4, 0.5) is 5.69 Å². The molecular weight excluding hydrogens is 264 g/mol. The van der Waals surface area contributed by atoms with Gasteiger partial charge in [-0.1, -0.05) is 13.0 Å². The van der Waals surface area contributed by atoms with Crippen LogP contribution in [0.15, 0.2) is 36.5 Å². The number of hydrogen-bond donors (Lipinski definition) is 2. The highest BCUT2D eigenvalue weighted by Gasteiger charge is 2.40. The van der Waals surface area contributed by atoms with Crippen LogP contribution in [-0.2, 0) is 0 Å². The van der Waals surface area contributed by atoms with E-state index in [0.717, 1.165) is 18.7 Å². The first-order valence-electron chi connectivity index (χ1n) is 7.32. The molecule has 3 rings (SSSR count). The molecule has 21 heavy (non-hydrogen) atoms. The van der Waals surface area contributed by atoms with Crippen LogP contribution in [0.5, 0.6) is 0 Å². The lowest BCUT2D eigenvalue weighted by molar-refractivity contribution is 0.0939. The van der Waals surface area contributed by atoms with Gasteiger partial charge in [-0.25, -0.2) is 4.68 Å². The normalized spacial score (nSPS) is 15.7. The maximum atomic E-state index is 12.1. The van der Waals surface area contributed by atoms with Crippen LogP contribution in [0.25, 0.3) is 5.69 Å². The van der Waals surface area contributed by atoms with Crippen LogP contribution in [0.3, 0.4) is 0 Å². The van der Waals surface area contributed by atoms with Crippen molar-refractivity contribution in [2.24, 2.45) is 5.41 Å². The zero-order chi connectivity index (χ0) is 14.9. The lowest BCUT2D eigenvalue weighted by Gasteiger charge is -2.12. The lowest BCUT2D eigenvalue weighted by Crippen LogP contribution is -2.30. The zero-order valence-corrected chi connectivity index (χ0v) is 12.2. The van der Waals surface area contributed by atoms with Crippen molar-refractivity contribution in [2.75, 3.05) is 12.3 Å². The number of carbonyl (C=O) groups excluding carboxylic acids is 1. The molecule has 1 amide bonds. The third kappa shape index (κ3) is 2.91. The number of nitrogens with two attached hydrogens (primary N) is 1. The number of nitrogen functional groups attached to an aromatic ring is 1. The van der Waals surface area contributed by atoms with Gasteiger partial charge in [0.2, 0.25) is 0 Å². The van der Waals surface area contributed by atoms with Gasteiger partial charge < -0.3 is 11.1 Å². The number of hydrogen-bond acceptors (Lipinski definition) is 3. The van der Waals surface area contributed by atoms with Gasteiger partial charge >= 0.3 is 0 Å². The van der Waals surface area contributed by atoms with Gasteiger partial charge in [0.05, 0.1) is 5.69 Å². The van der Waals surface area contributed by atoms with E-state index in [1.165, 1.54) is 12.8 Å². The fraction of sp³-hybridized carbons (Fsp3) is 0.375. The summed E-state index contributed by atoms with van der Waals surface area (Å²) in [6.07, 6.45) is 5.31. The summed E-state index contributed by atoms with van der Waals surface area (Å²) in [5.74, 6) is -0.114. The summed E-state index contributed by atoms with van der Waals surface area (Å²) in [4.78, 5) is 12.1. The Morgan fingerprint density at radius 3 is 2.90 bits per heavy atom. The second-order valence-corrected chi connectivity index (χ2v) is 5.78. The average Bonchev–Trinajstić information content (AvgIpc) is 3.11. The fourth-order valence-electron chi connectivity index (χ4n) is 2.45. The van der Waals surface area contributed by atoms with Crippen molar-refractivity contribution in [3.8, 4) is 5.69 Å². The third-order valence-electron chi connectivity index (χ3n) is 4.29. The molecule has 110 valence electrons. The maximum absolute atomic E-state index is 12.1. The van der Waals surface area contributed by atoms with Gasteiger partial charge in [0, 0.05) is 18.4 Å². The first-order chi connectivity index (χ1) is 10.1. The molecule has 0 unspecified atom stereocenters. The topological polar surface area (TPSA) is 72.9 Å². The summed E-state index contributed by atoms with van der Waals surface area (Å²) in [5.41, 5.74) is 8.06. The molecule has 1 fully saturated rings. The minimum atomic E-state index is -0.114. The van der Waals surface area contributed by atoms with Gasteiger partial charge in [-0.15, -0.1) is 0 Å². The van der Waals surface area contributed by atoms with Gasteiger partial charge in [0.15, 0.2) is 5.69 Å². The first kappa shape index (κ1) is 13.7. The Kier molecular flexibility index (Phi) is 3.41. The molecule has 0 radical (unpaired) electrons. The molecule has 1 aliphatic rings. The van der Waals surface area contributed by atoms with Crippen molar-refractivity contribution in [2.45, 2.75) is 26.2 Å². The Morgan fingerprint density at radius 2 is 2.24 bits per heavy atom. The van der Waals surface area contributed by atoms with Crippen molar-refractivity contribution < 1.29 is 4.79 Å². The molecule has 5 nitrogen and oxygen atoms in total. The van der Waals surface area contributed by atoms with E-state index in [1.807, 2.05) is 24.3 Å². The summed E-state index contributed by atoms with van der Waals surface area (Å²) in [6.45, 7) is 2.92. The molecule has 2 aromatic rings. The Labute approximate surface area is 124 Å². The number of rotatable bonds is 5. The molecule has 1 aromatic carbocycles. The predicted octanol–water partition coefficient (Wildman–Crippen LogP) is 2.37. The molecule has 5 heteroatoms. The van der Waals surface area contributed by atoms with Crippen molar-refractivity contribution in [3.63, 3.8) is 0 Å². The fourth-order valence-corrected chi connectivity index (χ4v) is 2.45. The van der Waals surface area contributed by atoms with Crippen molar-refractivity contribution in [3.05, 3.63) is 42.2 Å². The van der Waals surface area contributed by atoms with E-state index in [2.05, 4.69) is 17.3 Å². The molecule has 0 aliphatic heterocycles. The van der Waals surface area contributed by atoms with Crippen LogP contribution < -0.4 is 11.1 Å². The molecule has 3 N–H and O–H groups in total. The Bertz CT molecular complexity index is 658. The zero-order valence-electron chi connectivity index (χ0n) is 12.2. The van der Waals surface area contributed by atoms with Crippen molar-refractivity contribution >= 4 is 11.6 Å². The van der Waals surface area contributed by atoms with Crippen LogP contribution in [0.2, 0.25) is 0 Å². The molecule has 1 aliphatic carbocycles. The van der Waals surface area contributed by atoms with Crippen molar-refractivity contribution in [1.82, 2.24) is 15.1 Å². The second-order valence-electron chi connectivity index (χ2n) is 5.78. The van der Waals surface area contributed by atoms with Crippen LogP contribution in [0.1, 0.15) is 36.7 Å². The van der Waals surface area contributed by atoms with E-state index in [-0.39, 0.29) is 5.91 Å². The summed E-state index contributed by atoms with van der Waals surface area (Å²) in [5, 5.41) is 7.31. The quantitative estimate of drug-likeness (QED) is 0.828. The minimum Gasteiger partial charge on any atom is -0.399 e. The number of amides is 1. The molecule has 0 bridgehead atoms. The van der Waals surface area contributed by atoms with E-state index in [9.17, 15) is 4.79 Å². The first-order valence-corrected chi connectivity index (χ1v) is 7.32. The van der Waals surface area contributed by atoms with E-state index in [1.54, 1.807) is 16.9 Å². The summed E-state index contributed by atoms with van der Waals surface area (Å²) < 4.78 is 1.66. The summed E-state index contributed by atoms with van der Waals surface area (Å²) >= 11 is 0. The highest BCUT2D eigenvalue weighted by atomic mass is 16.1. The monoisotopic (exact) mass is 284 g/mol. The summed E-state index contributed by atoms with van der Waals surface area (Å²) in [7, 11) is 0. The van der Waals surface area contributed by atoms with Crippen molar-refractivity contribution in [1.29, 1.82) is 0 Å². The smallest absolute Gasteiger partial charge is 0.271 e. The van der Waals surface area contributed by atoms with Crippen LogP contribution in [0, 0.1) is 5.41 Å². The third-order valence-corrected chi connectivity index (χ3v) is 4.29. The Balaban J connectivity index is 1.68.